The molecule has 0 saturated carbocycles. The summed E-state index contributed by atoms with van der Waals surface area (Å²) in [6, 6.07) is 2.90. The number of nitrogens with zero attached hydrogens (tertiary/aromatic N) is 5. The normalized spacial score (nSPS) is 10.7. The third kappa shape index (κ3) is 3.02. The molecule has 10 nitrogen and oxygen atoms in total. The average Bonchev–Trinajstić information content (AvgIpc) is 2.64. The van der Waals surface area contributed by atoms with Crippen LogP contribution < -0.4 is 11.2 Å². The molecule has 2 aliphatic heterocycles. The summed E-state index contributed by atoms with van der Waals surface area (Å²) in [5.41, 5.74) is -0.531. The van der Waals surface area contributed by atoms with Crippen LogP contribution in [0.3, 0.4) is 0 Å². The first-order valence-electron chi connectivity index (χ1n) is 7.51. The fourth-order valence-electron chi connectivity index (χ4n) is 2.55. The highest BCUT2D eigenvalue weighted by atomic mass is 16.5. The Morgan fingerprint density at radius 2 is 1.88 bits per heavy atom. The molecule has 0 radical (unpaired) electrons. The van der Waals surface area contributed by atoms with E-state index in [1.54, 1.807) is 4.57 Å². The van der Waals surface area contributed by atoms with Gasteiger partial charge >= 0.3 is 5.69 Å². The molecule has 0 atom stereocenters. The second-order valence-electron chi connectivity index (χ2n) is 5.20. The molecule has 0 saturated heterocycles. The standard InChI is InChI=1S/C16H12N6O4/c1-17-9-7-11-12(8-10(9)18-2)22(3-5-26-6-4-23)14-13(19-11)15(24)21-16(25)20-14/h7-8,23H,3-6H2,(H,21,24,25). The first kappa shape index (κ1) is 17.2. The van der Waals surface area contributed by atoms with Crippen molar-refractivity contribution in [3.05, 3.63) is 55.8 Å². The maximum atomic E-state index is 12.1. The van der Waals surface area contributed by atoms with E-state index < -0.39 is 11.2 Å². The Balaban J connectivity index is 2.32. The molecular weight excluding hydrogens is 340 g/mol. The monoisotopic (exact) mass is 352 g/mol. The molecule has 1 aromatic carbocycles. The van der Waals surface area contributed by atoms with E-state index in [-0.39, 0.29) is 49.3 Å². The van der Waals surface area contributed by atoms with E-state index in [1.165, 1.54) is 12.1 Å². The van der Waals surface area contributed by atoms with Gasteiger partial charge in [0.1, 0.15) is 0 Å². The first-order valence-corrected chi connectivity index (χ1v) is 7.51. The lowest BCUT2D eigenvalue weighted by atomic mass is 10.2. The highest BCUT2D eigenvalue weighted by Gasteiger charge is 2.20. The number of rotatable bonds is 5. The Kier molecular flexibility index (Phi) is 4.71. The van der Waals surface area contributed by atoms with Crippen LogP contribution in [0.1, 0.15) is 0 Å². The second-order valence-corrected chi connectivity index (χ2v) is 5.20. The summed E-state index contributed by atoms with van der Waals surface area (Å²) in [4.78, 5) is 40.5. The van der Waals surface area contributed by atoms with E-state index in [4.69, 9.17) is 23.0 Å². The number of ether oxygens (including phenoxy) is 1. The molecule has 0 spiro atoms. The molecule has 10 heteroatoms. The molecule has 26 heavy (non-hydrogen) atoms. The van der Waals surface area contributed by atoms with Crippen molar-refractivity contribution in [2.45, 2.75) is 6.54 Å². The van der Waals surface area contributed by atoms with Gasteiger partial charge < -0.3 is 14.4 Å². The quantitative estimate of drug-likeness (QED) is 0.396. The van der Waals surface area contributed by atoms with Crippen LogP contribution >= 0.6 is 0 Å². The Hall–Kier alpha value is -3.60. The SMILES string of the molecule is [C-]#[N+]c1cc2nc3c(=O)[nH]c(=O)nc-3n(CCOCCO)c2cc1[N+]#[C-]. The van der Waals surface area contributed by atoms with E-state index in [9.17, 15) is 9.59 Å². The lowest BCUT2D eigenvalue weighted by molar-refractivity contribution is 0.0875. The molecule has 0 bridgehead atoms. The van der Waals surface area contributed by atoms with Crippen LogP contribution in [0, 0.1) is 13.1 Å². The van der Waals surface area contributed by atoms with Crippen molar-refractivity contribution >= 4 is 22.4 Å². The lowest BCUT2D eigenvalue weighted by Crippen LogP contribution is -2.29. The molecule has 2 N–H and O–H groups in total. The lowest BCUT2D eigenvalue weighted by Gasteiger charge is -2.17. The molecule has 0 amide bonds. The summed E-state index contributed by atoms with van der Waals surface area (Å²) in [6.07, 6.45) is 0. The van der Waals surface area contributed by atoms with Crippen molar-refractivity contribution in [1.82, 2.24) is 19.5 Å². The fraction of sp³-hybridized carbons (Fsp3) is 0.250. The molecule has 0 aromatic heterocycles. The van der Waals surface area contributed by atoms with Crippen LogP contribution in [0.4, 0.5) is 11.4 Å². The number of aromatic nitrogens is 4. The van der Waals surface area contributed by atoms with E-state index in [2.05, 4.69) is 24.6 Å². The van der Waals surface area contributed by atoms with Crippen LogP contribution in [0.5, 0.6) is 0 Å². The van der Waals surface area contributed by atoms with Gasteiger partial charge in [-0.25, -0.2) is 9.78 Å². The predicted molar refractivity (Wildman–Crippen MR) is 91.5 cm³/mol. The third-order valence-corrected chi connectivity index (χ3v) is 3.64. The number of H-pyrrole nitrogens is 1. The van der Waals surface area contributed by atoms with E-state index >= 15 is 0 Å². The minimum Gasteiger partial charge on any atom is -0.394 e. The van der Waals surface area contributed by atoms with Gasteiger partial charge in [-0.1, -0.05) is 0 Å². The first-order chi connectivity index (χ1) is 12.6. The zero-order valence-electron chi connectivity index (χ0n) is 13.4. The molecule has 0 fully saturated rings. The zero-order valence-corrected chi connectivity index (χ0v) is 13.4. The Bertz CT molecular complexity index is 1150. The van der Waals surface area contributed by atoms with Gasteiger partial charge in [0.25, 0.3) is 5.56 Å². The summed E-state index contributed by atoms with van der Waals surface area (Å²) in [5.74, 6) is 0.0605. The number of fused-ring (bicyclic) bond motifs is 2. The number of hydrogen-bond acceptors (Lipinski definition) is 6. The largest absolute Gasteiger partial charge is 0.394 e. The molecule has 2 aliphatic rings. The number of aliphatic hydroxyl groups is 1. The van der Waals surface area contributed by atoms with Crippen molar-refractivity contribution in [1.29, 1.82) is 0 Å². The Morgan fingerprint density at radius 1 is 1.15 bits per heavy atom. The number of hydrogen-bond donors (Lipinski definition) is 2. The van der Waals surface area contributed by atoms with Gasteiger partial charge in [-0.2, -0.15) is 4.98 Å². The van der Waals surface area contributed by atoms with Crippen LogP contribution in [0.2, 0.25) is 0 Å². The fourth-order valence-corrected chi connectivity index (χ4v) is 2.55. The summed E-state index contributed by atoms with van der Waals surface area (Å²) in [5, 5.41) is 8.80. The van der Waals surface area contributed by atoms with Crippen molar-refractivity contribution in [2.75, 3.05) is 19.8 Å². The van der Waals surface area contributed by atoms with E-state index in [0.717, 1.165) is 0 Å². The van der Waals surface area contributed by atoms with Crippen molar-refractivity contribution in [2.24, 2.45) is 0 Å². The van der Waals surface area contributed by atoms with Gasteiger partial charge in [0.05, 0.1) is 44.0 Å². The summed E-state index contributed by atoms with van der Waals surface area (Å²) >= 11 is 0. The van der Waals surface area contributed by atoms with Gasteiger partial charge in [-0.05, 0) is 12.1 Å². The number of nitrogens with one attached hydrogen (secondary N) is 1. The van der Waals surface area contributed by atoms with Crippen LogP contribution in [-0.2, 0) is 11.3 Å². The maximum absolute atomic E-state index is 12.1. The minimum absolute atomic E-state index is 0.0502. The molecule has 0 aliphatic carbocycles. The van der Waals surface area contributed by atoms with Crippen molar-refractivity contribution in [3.8, 4) is 11.5 Å². The topological polar surface area (TPSA) is 119 Å². The summed E-state index contributed by atoms with van der Waals surface area (Å²) in [7, 11) is 0. The van der Waals surface area contributed by atoms with E-state index in [1.807, 2.05) is 0 Å². The third-order valence-electron chi connectivity index (χ3n) is 3.64. The number of aliphatic hydroxyl groups excluding tert-OH is 1. The van der Waals surface area contributed by atoms with Crippen molar-refractivity contribution in [3.63, 3.8) is 0 Å². The van der Waals surface area contributed by atoms with Crippen LogP contribution in [-0.4, -0.2) is 44.4 Å². The highest BCUT2D eigenvalue weighted by molar-refractivity contribution is 5.90. The molecule has 2 heterocycles. The van der Waals surface area contributed by atoms with Crippen LogP contribution in [0.15, 0.2) is 21.7 Å². The van der Waals surface area contributed by atoms with E-state index in [0.29, 0.717) is 11.0 Å². The number of benzene rings is 1. The Morgan fingerprint density at radius 3 is 2.58 bits per heavy atom. The van der Waals surface area contributed by atoms with Gasteiger partial charge in [-0.3, -0.25) is 19.5 Å². The van der Waals surface area contributed by atoms with Gasteiger partial charge in [0, 0.05) is 6.54 Å². The molecule has 0 unspecified atom stereocenters. The maximum Gasteiger partial charge on any atom is 0.349 e. The summed E-state index contributed by atoms with van der Waals surface area (Å²) < 4.78 is 6.80. The second kappa shape index (κ2) is 7.11. The molecule has 3 rings (SSSR count). The van der Waals surface area contributed by atoms with Gasteiger partial charge in [0.15, 0.2) is 22.9 Å². The molecule has 130 valence electrons. The van der Waals surface area contributed by atoms with Crippen LogP contribution in [0.25, 0.3) is 32.2 Å². The zero-order chi connectivity index (χ0) is 18.7. The Labute approximate surface area is 146 Å². The summed E-state index contributed by atoms with van der Waals surface area (Å²) in [6.45, 7) is 14.8. The van der Waals surface area contributed by atoms with Gasteiger partial charge in [0.2, 0.25) is 0 Å². The predicted octanol–water partition coefficient (Wildman–Crippen LogP) is 0.695. The minimum atomic E-state index is -0.808. The smallest absolute Gasteiger partial charge is 0.349 e. The average molecular weight is 352 g/mol. The highest BCUT2D eigenvalue weighted by Crippen LogP contribution is 2.33. The molecular formula is C16H12N6O4. The van der Waals surface area contributed by atoms with Gasteiger partial charge in [-0.15, -0.1) is 0 Å². The van der Waals surface area contributed by atoms with Crippen molar-refractivity contribution < 1.29 is 9.84 Å². The number of aromatic amines is 1. The molecule has 1 aromatic rings.